The highest BCUT2D eigenvalue weighted by Gasteiger charge is 2.10. The molecule has 1 unspecified atom stereocenters. The fraction of sp³-hybridized carbons (Fsp3) is 0.240. The maximum Gasteiger partial charge on any atom is 0.247 e. The number of azo groups is 1. The first-order valence-corrected chi connectivity index (χ1v) is 10.1. The number of carbonyl (C=O) groups is 1. The maximum absolute atomic E-state index is 11.6. The van der Waals surface area contributed by atoms with Gasteiger partial charge in [0.25, 0.3) is 0 Å². The Morgan fingerprint density at radius 2 is 2.03 bits per heavy atom. The smallest absolute Gasteiger partial charge is 0.247 e. The van der Waals surface area contributed by atoms with Crippen LogP contribution in [0.4, 0.5) is 5.69 Å². The van der Waals surface area contributed by atoms with Gasteiger partial charge in [0.05, 0.1) is 12.6 Å². The minimum Gasteiger partial charge on any atom is -0.489 e. The number of amides is 1. The lowest BCUT2D eigenvalue weighted by atomic mass is 10.1. The fourth-order valence-corrected chi connectivity index (χ4v) is 3.11. The van der Waals surface area contributed by atoms with Crippen molar-refractivity contribution in [3.05, 3.63) is 96.1 Å². The first-order valence-electron chi connectivity index (χ1n) is 10.1. The molecule has 3 rings (SSSR count). The van der Waals surface area contributed by atoms with E-state index in [1.54, 1.807) is 0 Å². The van der Waals surface area contributed by atoms with Gasteiger partial charge in [0.15, 0.2) is 0 Å². The summed E-state index contributed by atoms with van der Waals surface area (Å²) in [5, 5.41) is 11.6. The minimum absolute atomic E-state index is 0.174. The summed E-state index contributed by atoms with van der Waals surface area (Å²) < 4.78 is 5.86. The molecule has 0 saturated carbocycles. The van der Waals surface area contributed by atoms with Gasteiger partial charge in [-0.1, -0.05) is 55.1 Å². The number of carbonyl (C=O) groups excluding carboxylic acids is 1. The van der Waals surface area contributed by atoms with Crippen molar-refractivity contribution < 1.29 is 9.53 Å². The van der Waals surface area contributed by atoms with E-state index in [-0.39, 0.29) is 11.9 Å². The van der Waals surface area contributed by atoms with Crippen LogP contribution in [0.15, 0.2) is 95.2 Å². The largest absolute Gasteiger partial charge is 0.489 e. The lowest BCUT2D eigenvalue weighted by Crippen LogP contribution is -2.09. The molecule has 30 heavy (non-hydrogen) atoms. The average Bonchev–Trinajstić information content (AvgIpc) is 2.79. The summed E-state index contributed by atoms with van der Waals surface area (Å²) in [6, 6.07) is 15.3. The van der Waals surface area contributed by atoms with E-state index in [4.69, 9.17) is 4.74 Å². The van der Waals surface area contributed by atoms with Crippen LogP contribution in [0.2, 0.25) is 0 Å². The second-order valence-electron chi connectivity index (χ2n) is 7.10. The van der Waals surface area contributed by atoms with E-state index in [1.807, 2.05) is 55.5 Å². The molecular formula is C25H27N3O2. The molecule has 154 valence electrons. The van der Waals surface area contributed by atoms with Crippen LogP contribution in [0.25, 0.3) is 0 Å². The van der Waals surface area contributed by atoms with E-state index in [0.717, 1.165) is 35.4 Å². The Bertz CT molecular complexity index is 959. The second-order valence-corrected chi connectivity index (χ2v) is 7.10. The van der Waals surface area contributed by atoms with E-state index in [2.05, 4.69) is 40.4 Å². The van der Waals surface area contributed by atoms with E-state index in [0.29, 0.717) is 13.2 Å². The summed E-state index contributed by atoms with van der Waals surface area (Å²) in [7, 11) is 0. The fourth-order valence-electron chi connectivity index (χ4n) is 3.11. The lowest BCUT2D eigenvalue weighted by molar-refractivity contribution is -0.111. The number of rotatable bonds is 9. The van der Waals surface area contributed by atoms with Gasteiger partial charge in [-0.05, 0) is 55.2 Å². The predicted molar refractivity (Wildman–Crippen MR) is 121 cm³/mol. The average molecular weight is 402 g/mol. The topological polar surface area (TPSA) is 63.0 Å². The number of benzene rings is 2. The van der Waals surface area contributed by atoms with Gasteiger partial charge in [0.2, 0.25) is 5.91 Å². The summed E-state index contributed by atoms with van der Waals surface area (Å²) >= 11 is 0. The number of allylic oxidation sites excluding steroid dienone is 3. The van der Waals surface area contributed by atoms with E-state index in [1.165, 1.54) is 11.6 Å². The zero-order chi connectivity index (χ0) is 21.2. The first-order chi connectivity index (χ1) is 14.7. The van der Waals surface area contributed by atoms with Gasteiger partial charge in [-0.2, -0.15) is 10.2 Å². The second kappa shape index (κ2) is 10.9. The third-order valence-corrected chi connectivity index (χ3v) is 4.81. The minimum atomic E-state index is -0.245. The molecule has 1 N–H and O–H groups in total. The first kappa shape index (κ1) is 21.2. The molecule has 5 nitrogen and oxygen atoms in total. The monoisotopic (exact) mass is 401 g/mol. The van der Waals surface area contributed by atoms with Crippen molar-refractivity contribution in [2.24, 2.45) is 10.2 Å². The third-order valence-electron chi connectivity index (χ3n) is 4.81. The van der Waals surface area contributed by atoms with Crippen molar-refractivity contribution in [2.45, 2.75) is 32.4 Å². The highest BCUT2D eigenvalue weighted by Crippen LogP contribution is 2.26. The van der Waals surface area contributed by atoms with Crippen molar-refractivity contribution in [3.8, 4) is 5.75 Å². The van der Waals surface area contributed by atoms with Crippen LogP contribution in [0.3, 0.4) is 0 Å². The van der Waals surface area contributed by atoms with Crippen molar-refractivity contribution in [3.63, 3.8) is 0 Å². The molecule has 1 aliphatic carbocycles. The normalized spacial score (nSPS) is 14.2. The Morgan fingerprint density at radius 3 is 2.77 bits per heavy atom. The third kappa shape index (κ3) is 6.27. The number of ether oxygens (including phenoxy) is 1. The molecule has 0 spiro atoms. The van der Waals surface area contributed by atoms with Crippen LogP contribution >= 0.6 is 0 Å². The van der Waals surface area contributed by atoms with Crippen molar-refractivity contribution in [2.75, 3.05) is 11.9 Å². The number of anilines is 1. The molecule has 5 heteroatoms. The Balaban J connectivity index is 1.53. The molecule has 0 bridgehead atoms. The van der Waals surface area contributed by atoms with E-state index in [9.17, 15) is 4.79 Å². The van der Waals surface area contributed by atoms with Crippen molar-refractivity contribution in [1.82, 2.24) is 0 Å². The van der Waals surface area contributed by atoms with Crippen molar-refractivity contribution >= 4 is 11.6 Å². The summed E-state index contributed by atoms with van der Waals surface area (Å²) in [4.78, 5) is 11.6. The van der Waals surface area contributed by atoms with Gasteiger partial charge in [0, 0.05) is 11.3 Å². The molecule has 0 aromatic heterocycles. The van der Waals surface area contributed by atoms with Crippen LogP contribution in [-0.4, -0.2) is 12.5 Å². The highest BCUT2D eigenvalue weighted by atomic mass is 16.5. The van der Waals surface area contributed by atoms with Gasteiger partial charge in [-0.3, -0.25) is 4.79 Å². The highest BCUT2D eigenvalue weighted by molar-refractivity contribution is 5.99. The van der Waals surface area contributed by atoms with Crippen LogP contribution in [0, 0.1) is 0 Å². The number of hydrogen-bond donors (Lipinski definition) is 1. The molecular weight excluding hydrogens is 374 g/mol. The van der Waals surface area contributed by atoms with E-state index < -0.39 is 0 Å². The van der Waals surface area contributed by atoms with Gasteiger partial charge < -0.3 is 10.1 Å². The summed E-state index contributed by atoms with van der Waals surface area (Å²) in [5.41, 5.74) is 4.01. The molecule has 2 aromatic rings. The Kier molecular flexibility index (Phi) is 7.72. The molecule has 0 saturated heterocycles. The quantitative estimate of drug-likeness (QED) is 0.403. The van der Waals surface area contributed by atoms with Gasteiger partial charge in [0.1, 0.15) is 12.4 Å². The molecule has 0 heterocycles. The van der Waals surface area contributed by atoms with E-state index >= 15 is 0 Å². The molecule has 1 aliphatic rings. The zero-order valence-corrected chi connectivity index (χ0v) is 17.3. The number of para-hydroxylation sites is 1. The lowest BCUT2D eigenvalue weighted by Gasteiger charge is -2.12. The van der Waals surface area contributed by atoms with Crippen LogP contribution in [0.1, 0.15) is 36.9 Å². The number of nitrogens with one attached hydrogen (secondary N) is 1. The molecule has 1 amide bonds. The van der Waals surface area contributed by atoms with Gasteiger partial charge >= 0.3 is 0 Å². The van der Waals surface area contributed by atoms with Crippen LogP contribution in [-0.2, 0) is 11.3 Å². The molecule has 2 aromatic carbocycles. The Morgan fingerprint density at radius 1 is 1.23 bits per heavy atom. The molecule has 0 aliphatic heterocycles. The van der Waals surface area contributed by atoms with Gasteiger partial charge in [-0.25, -0.2) is 0 Å². The van der Waals surface area contributed by atoms with Crippen molar-refractivity contribution in [1.29, 1.82) is 0 Å². The molecule has 0 radical (unpaired) electrons. The molecule has 1 atom stereocenters. The van der Waals surface area contributed by atoms with Gasteiger partial charge in [-0.15, -0.1) is 0 Å². The van der Waals surface area contributed by atoms with Crippen LogP contribution < -0.4 is 10.1 Å². The number of hydrogen-bond acceptors (Lipinski definition) is 4. The number of nitrogens with zero attached hydrogens (tertiary/aromatic N) is 2. The Labute approximate surface area is 177 Å². The SMILES string of the molecule is C=CC(=O)Nc1ccccc1C(C)N=NCc1ccc(OCC2=CC=CCC2)cc1. The zero-order valence-electron chi connectivity index (χ0n) is 17.3. The maximum atomic E-state index is 11.6. The van der Waals surface area contributed by atoms with Crippen LogP contribution in [0.5, 0.6) is 5.75 Å². The predicted octanol–water partition coefficient (Wildman–Crippen LogP) is 6.18. The summed E-state index contributed by atoms with van der Waals surface area (Å²) in [6.07, 6.45) is 9.78. The Hall–Kier alpha value is -3.47. The summed E-state index contributed by atoms with van der Waals surface area (Å²) in [6.45, 7) is 6.56. The summed E-state index contributed by atoms with van der Waals surface area (Å²) in [5.74, 6) is 0.608. The molecule has 0 fully saturated rings. The standard InChI is InChI=1S/C25H27N3O2/c1-3-25(29)27-24-12-8-7-11-23(24)19(2)28-26-17-20-13-15-22(16-14-20)30-18-21-9-5-4-6-10-21/h3-5,7-9,11-16,19H,1,6,10,17-18H2,2H3,(H,27,29).